The molecule has 1 aromatic rings. The van der Waals surface area contributed by atoms with E-state index in [4.69, 9.17) is 4.74 Å². The van der Waals surface area contributed by atoms with Crippen LogP contribution in [0.3, 0.4) is 0 Å². The third kappa shape index (κ3) is 3.55. The Labute approximate surface area is 146 Å². The highest BCUT2D eigenvalue weighted by Crippen LogP contribution is 2.35. The van der Waals surface area contributed by atoms with Gasteiger partial charge in [0.2, 0.25) is 5.91 Å². The van der Waals surface area contributed by atoms with Crippen molar-refractivity contribution in [3.05, 3.63) is 29.6 Å². The fourth-order valence-corrected chi connectivity index (χ4v) is 3.97. The van der Waals surface area contributed by atoms with Gasteiger partial charge in [0.05, 0.1) is 31.2 Å². The van der Waals surface area contributed by atoms with Crippen LogP contribution in [0, 0.1) is 5.82 Å². The van der Waals surface area contributed by atoms with E-state index in [2.05, 4.69) is 16.0 Å². The fraction of sp³-hybridized carbons (Fsp3) is 0.556. The first-order valence-electron chi connectivity index (χ1n) is 8.65. The number of methoxy groups -OCH3 is 1. The molecule has 1 aliphatic heterocycles. The van der Waals surface area contributed by atoms with Crippen LogP contribution in [0.1, 0.15) is 50.6 Å². The van der Waals surface area contributed by atoms with E-state index in [1.807, 2.05) is 0 Å². The number of amides is 3. The van der Waals surface area contributed by atoms with Gasteiger partial charge in [0.15, 0.2) is 0 Å². The lowest BCUT2D eigenvalue weighted by atomic mass is 9.78. The normalized spacial score (nSPS) is 26.4. The van der Waals surface area contributed by atoms with Crippen molar-refractivity contribution >= 4 is 11.9 Å². The molecule has 2 fully saturated rings. The van der Waals surface area contributed by atoms with Gasteiger partial charge in [0.25, 0.3) is 0 Å². The van der Waals surface area contributed by atoms with E-state index >= 15 is 0 Å². The van der Waals surface area contributed by atoms with Crippen LogP contribution in [0.2, 0.25) is 0 Å². The van der Waals surface area contributed by atoms with Gasteiger partial charge in [-0.3, -0.25) is 4.79 Å². The molecule has 0 bridgehead atoms. The predicted octanol–water partition coefficient (Wildman–Crippen LogP) is 2.40. The van der Waals surface area contributed by atoms with Crippen molar-refractivity contribution in [1.29, 1.82) is 0 Å². The number of nitrogens with one attached hydrogen (secondary N) is 3. The summed E-state index contributed by atoms with van der Waals surface area (Å²) in [6.45, 7) is 1.77. The number of hydrogen-bond donors (Lipinski definition) is 3. The average Bonchev–Trinajstić information content (AvgIpc) is 2.89. The maximum absolute atomic E-state index is 13.5. The molecule has 3 rings (SSSR count). The zero-order chi connectivity index (χ0) is 18.0. The van der Waals surface area contributed by atoms with E-state index in [0.717, 1.165) is 25.7 Å². The highest BCUT2D eigenvalue weighted by Gasteiger charge is 2.49. The van der Waals surface area contributed by atoms with Crippen LogP contribution in [0.25, 0.3) is 0 Å². The van der Waals surface area contributed by atoms with Crippen molar-refractivity contribution in [1.82, 2.24) is 16.0 Å². The number of carbonyl (C=O) groups excluding carboxylic acids is 2. The Morgan fingerprint density at radius 2 is 2.24 bits per heavy atom. The van der Waals surface area contributed by atoms with Crippen molar-refractivity contribution < 1.29 is 18.7 Å². The lowest BCUT2D eigenvalue weighted by Gasteiger charge is -2.39. The second-order valence-electron chi connectivity index (χ2n) is 6.91. The van der Waals surface area contributed by atoms with Gasteiger partial charge in [-0.2, -0.15) is 0 Å². The predicted molar refractivity (Wildman–Crippen MR) is 90.8 cm³/mol. The first-order chi connectivity index (χ1) is 11.9. The molecule has 1 heterocycles. The molecule has 1 aromatic carbocycles. The Bertz CT molecular complexity index is 682. The number of hydrogen-bond acceptors (Lipinski definition) is 3. The molecule has 136 valence electrons. The molecule has 0 aromatic heterocycles. The van der Waals surface area contributed by atoms with Gasteiger partial charge >= 0.3 is 6.03 Å². The lowest BCUT2D eigenvalue weighted by Crippen LogP contribution is -2.59. The summed E-state index contributed by atoms with van der Waals surface area (Å²) in [6.07, 6.45) is 4.00. The van der Waals surface area contributed by atoms with Gasteiger partial charge in [-0.05, 0) is 38.0 Å². The highest BCUT2D eigenvalue weighted by atomic mass is 19.1. The molecule has 2 aliphatic rings. The Kier molecular flexibility index (Phi) is 4.83. The molecule has 1 saturated carbocycles. The first-order valence-corrected chi connectivity index (χ1v) is 8.65. The summed E-state index contributed by atoms with van der Waals surface area (Å²) in [5, 5.41) is 8.80. The summed E-state index contributed by atoms with van der Waals surface area (Å²) in [4.78, 5) is 24.3. The van der Waals surface area contributed by atoms with Crippen molar-refractivity contribution in [2.24, 2.45) is 0 Å². The van der Waals surface area contributed by atoms with E-state index in [1.165, 1.54) is 25.3 Å². The molecule has 0 radical (unpaired) electrons. The second kappa shape index (κ2) is 6.90. The average molecular weight is 349 g/mol. The summed E-state index contributed by atoms with van der Waals surface area (Å²) in [5.41, 5.74) is 0.0431. The third-order valence-corrected chi connectivity index (χ3v) is 5.21. The highest BCUT2D eigenvalue weighted by molar-refractivity contribution is 5.84. The van der Waals surface area contributed by atoms with Crippen molar-refractivity contribution in [2.45, 2.75) is 56.7 Å². The molecule has 1 aliphatic carbocycles. The third-order valence-electron chi connectivity index (χ3n) is 5.21. The summed E-state index contributed by atoms with van der Waals surface area (Å²) >= 11 is 0. The smallest absolute Gasteiger partial charge is 0.315 e. The minimum absolute atomic E-state index is 0.0153. The van der Waals surface area contributed by atoms with Crippen molar-refractivity contribution in [2.75, 3.05) is 7.11 Å². The quantitative estimate of drug-likeness (QED) is 0.781. The van der Waals surface area contributed by atoms with Gasteiger partial charge in [-0.15, -0.1) is 0 Å². The lowest BCUT2D eigenvalue weighted by molar-refractivity contribution is -0.119. The van der Waals surface area contributed by atoms with Crippen LogP contribution in [-0.4, -0.2) is 30.6 Å². The van der Waals surface area contributed by atoms with E-state index in [0.29, 0.717) is 17.7 Å². The minimum atomic E-state index is -0.523. The Morgan fingerprint density at radius 3 is 3.00 bits per heavy atom. The molecule has 6 nitrogen and oxygen atoms in total. The molecule has 1 unspecified atom stereocenters. The second-order valence-corrected chi connectivity index (χ2v) is 6.91. The van der Waals surface area contributed by atoms with E-state index in [1.54, 1.807) is 6.92 Å². The van der Waals surface area contributed by atoms with Gasteiger partial charge < -0.3 is 20.7 Å². The number of carbonyl (C=O) groups is 2. The zero-order valence-electron chi connectivity index (χ0n) is 14.5. The molecule has 0 spiro atoms. The zero-order valence-corrected chi connectivity index (χ0v) is 14.5. The number of benzene rings is 1. The van der Waals surface area contributed by atoms with Crippen molar-refractivity contribution in [3.63, 3.8) is 0 Å². The summed E-state index contributed by atoms with van der Waals surface area (Å²) in [7, 11) is 1.50. The standard InChI is InChI=1S/C18H24FN3O3/c1-11(13-9-12(19)6-7-14(13)25-2)20-17(24)22-18-8-4-3-5-15(18)21-16(23)10-18/h6-7,9,11,15H,3-5,8,10H2,1-2H3,(H,21,23)(H2,20,22,24)/t11?,15-,18+/m0/s1. The summed E-state index contributed by atoms with van der Waals surface area (Å²) in [5.74, 6) is 0.106. The number of halogens is 1. The molecule has 7 heteroatoms. The SMILES string of the molecule is COc1ccc(F)cc1C(C)NC(=O)N[C@@]12CCCC[C@@H]1NC(=O)C2. The monoisotopic (exact) mass is 349 g/mol. The number of urea groups is 1. The van der Waals surface area contributed by atoms with E-state index in [9.17, 15) is 14.0 Å². The largest absolute Gasteiger partial charge is 0.496 e. The fourth-order valence-electron chi connectivity index (χ4n) is 3.97. The maximum Gasteiger partial charge on any atom is 0.315 e. The summed E-state index contributed by atoms with van der Waals surface area (Å²) in [6, 6.07) is 3.40. The number of fused-ring (bicyclic) bond motifs is 1. The van der Waals surface area contributed by atoms with Crippen LogP contribution < -0.4 is 20.7 Å². The Balaban J connectivity index is 1.70. The van der Waals surface area contributed by atoms with Crippen LogP contribution in [0.4, 0.5) is 9.18 Å². The van der Waals surface area contributed by atoms with Crippen molar-refractivity contribution in [3.8, 4) is 5.75 Å². The maximum atomic E-state index is 13.5. The molecule has 3 atom stereocenters. The van der Waals surface area contributed by atoms with E-state index < -0.39 is 11.6 Å². The molecule has 3 amide bonds. The minimum Gasteiger partial charge on any atom is -0.496 e. The Hall–Kier alpha value is -2.31. The topological polar surface area (TPSA) is 79.5 Å². The first kappa shape index (κ1) is 17.5. The molecule has 1 saturated heterocycles. The molecule has 25 heavy (non-hydrogen) atoms. The molecular weight excluding hydrogens is 325 g/mol. The van der Waals surface area contributed by atoms with E-state index in [-0.39, 0.29) is 23.8 Å². The van der Waals surface area contributed by atoms with Crippen LogP contribution >= 0.6 is 0 Å². The van der Waals surface area contributed by atoms with Gasteiger partial charge in [-0.1, -0.05) is 12.8 Å². The Morgan fingerprint density at radius 1 is 1.44 bits per heavy atom. The molecule has 3 N–H and O–H groups in total. The van der Waals surface area contributed by atoms with Gasteiger partial charge in [0, 0.05) is 5.56 Å². The number of ether oxygens (including phenoxy) is 1. The number of rotatable bonds is 4. The van der Waals surface area contributed by atoms with Crippen LogP contribution in [0.15, 0.2) is 18.2 Å². The van der Waals surface area contributed by atoms with Gasteiger partial charge in [0.1, 0.15) is 11.6 Å². The van der Waals surface area contributed by atoms with Crippen LogP contribution in [-0.2, 0) is 4.79 Å². The summed E-state index contributed by atoms with van der Waals surface area (Å²) < 4.78 is 18.8. The molecular formula is C18H24FN3O3. The van der Waals surface area contributed by atoms with Crippen LogP contribution in [0.5, 0.6) is 5.75 Å². The van der Waals surface area contributed by atoms with Gasteiger partial charge in [-0.25, -0.2) is 9.18 Å².